The summed E-state index contributed by atoms with van der Waals surface area (Å²) in [5.74, 6) is -1.94. The van der Waals surface area contributed by atoms with E-state index in [1.807, 2.05) is 0 Å². The molecule has 0 saturated heterocycles. The summed E-state index contributed by atoms with van der Waals surface area (Å²) >= 11 is 0. The number of nitrogens with zero attached hydrogens (tertiary/aromatic N) is 1. The van der Waals surface area contributed by atoms with Crippen LogP contribution in [0.5, 0.6) is 0 Å². The van der Waals surface area contributed by atoms with Gasteiger partial charge in [0.25, 0.3) is 0 Å². The van der Waals surface area contributed by atoms with Crippen molar-refractivity contribution in [2.45, 2.75) is 31.7 Å². The third kappa shape index (κ3) is 3.70. The van der Waals surface area contributed by atoms with Crippen molar-refractivity contribution in [3.05, 3.63) is 29.6 Å². The van der Waals surface area contributed by atoms with Gasteiger partial charge in [-0.15, -0.1) is 0 Å². The Labute approximate surface area is 118 Å². The van der Waals surface area contributed by atoms with Crippen LogP contribution in [0.2, 0.25) is 0 Å². The van der Waals surface area contributed by atoms with Crippen LogP contribution in [0.3, 0.4) is 0 Å². The topological polar surface area (TPSA) is 52.6 Å². The van der Waals surface area contributed by atoms with Gasteiger partial charge in [-0.1, -0.05) is 12.8 Å². The van der Waals surface area contributed by atoms with Gasteiger partial charge in [-0.2, -0.15) is 0 Å². The molecule has 110 valence electrons. The third-order valence-corrected chi connectivity index (χ3v) is 3.94. The first kappa shape index (κ1) is 14.8. The Morgan fingerprint density at radius 2 is 2.15 bits per heavy atom. The number of nitrogens with one attached hydrogen (secondary N) is 1. The van der Waals surface area contributed by atoms with Gasteiger partial charge in [0, 0.05) is 24.8 Å². The molecule has 1 aromatic rings. The average molecular weight is 280 g/mol. The number of carboxylic acids is 1. The molecule has 20 heavy (non-hydrogen) atoms. The Bertz CT molecular complexity index is 473. The SMILES string of the molecule is CN(CCNc1ccc(C(=O)O)c(F)c1)C1CCCC1. The third-order valence-electron chi connectivity index (χ3n) is 3.94. The number of hydrogen-bond donors (Lipinski definition) is 2. The minimum absolute atomic E-state index is 0.293. The summed E-state index contributed by atoms with van der Waals surface area (Å²) in [5.41, 5.74) is 0.325. The van der Waals surface area contributed by atoms with Gasteiger partial charge in [0.1, 0.15) is 5.82 Å². The molecule has 0 atom stereocenters. The van der Waals surface area contributed by atoms with Crippen molar-refractivity contribution < 1.29 is 14.3 Å². The molecular weight excluding hydrogens is 259 g/mol. The van der Waals surface area contributed by atoms with Crippen LogP contribution in [0.25, 0.3) is 0 Å². The van der Waals surface area contributed by atoms with E-state index in [2.05, 4.69) is 17.3 Å². The maximum atomic E-state index is 13.5. The van der Waals surface area contributed by atoms with Gasteiger partial charge in [-0.05, 0) is 38.1 Å². The lowest BCUT2D eigenvalue weighted by Crippen LogP contribution is -2.33. The van der Waals surface area contributed by atoms with Crippen LogP contribution in [-0.2, 0) is 0 Å². The van der Waals surface area contributed by atoms with E-state index >= 15 is 0 Å². The van der Waals surface area contributed by atoms with Gasteiger partial charge >= 0.3 is 5.97 Å². The smallest absolute Gasteiger partial charge is 0.338 e. The first-order valence-electron chi connectivity index (χ1n) is 7.05. The maximum Gasteiger partial charge on any atom is 0.338 e. The number of carbonyl (C=O) groups is 1. The Hall–Kier alpha value is -1.62. The van der Waals surface area contributed by atoms with Crippen LogP contribution in [0.15, 0.2) is 18.2 Å². The van der Waals surface area contributed by atoms with Gasteiger partial charge in [0.05, 0.1) is 5.56 Å². The minimum Gasteiger partial charge on any atom is -0.478 e. The molecule has 2 rings (SSSR count). The van der Waals surface area contributed by atoms with Gasteiger partial charge in [-0.25, -0.2) is 9.18 Å². The molecule has 1 aliphatic rings. The van der Waals surface area contributed by atoms with Crippen molar-refractivity contribution in [3.63, 3.8) is 0 Å². The van der Waals surface area contributed by atoms with Crippen LogP contribution in [0, 0.1) is 5.82 Å². The highest BCUT2D eigenvalue weighted by atomic mass is 19.1. The van der Waals surface area contributed by atoms with Gasteiger partial charge in [0.2, 0.25) is 0 Å². The zero-order chi connectivity index (χ0) is 14.5. The second kappa shape index (κ2) is 6.70. The number of hydrogen-bond acceptors (Lipinski definition) is 3. The molecule has 0 heterocycles. The lowest BCUT2D eigenvalue weighted by atomic mass is 10.2. The molecule has 2 N–H and O–H groups in total. The van der Waals surface area contributed by atoms with E-state index < -0.39 is 11.8 Å². The van der Waals surface area contributed by atoms with E-state index in [9.17, 15) is 9.18 Å². The highest BCUT2D eigenvalue weighted by molar-refractivity contribution is 5.88. The van der Waals surface area contributed by atoms with E-state index in [1.165, 1.54) is 37.8 Å². The Morgan fingerprint density at radius 1 is 1.45 bits per heavy atom. The Kier molecular flexibility index (Phi) is 4.95. The van der Waals surface area contributed by atoms with E-state index in [0.29, 0.717) is 11.7 Å². The van der Waals surface area contributed by atoms with E-state index in [4.69, 9.17) is 5.11 Å². The molecular formula is C15H21FN2O2. The van der Waals surface area contributed by atoms with Crippen LogP contribution in [0.1, 0.15) is 36.0 Å². The van der Waals surface area contributed by atoms with Crippen LogP contribution >= 0.6 is 0 Å². The number of carboxylic acid groups (broad SMARTS) is 1. The minimum atomic E-state index is -1.24. The van der Waals surface area contributed by atoms with Gasteiger partial charge < -0.3 is 15.3 Å². The fourth-order valence-corrected chi connectivity index (χ4v) is 2.70. The number of benzene rings is 1. The largest absolute Gasteiger partial charge is 0.478 e. The molecule has 5 heteroatoms. The second-order valence-electron chi connectivity index (χ2n) is 5.35. The number of aromatic carboxylic acids is 1. The van der Waals surface area contributed by atoms with Gasteiger partial charge in [-0.3, -0.25) is 0 Å². The van der Waals surface area contributed by atoms with Crippen molar-refractivity contribution in [1.82, 2.24) is 4.90 Å². The number of halogens is 1. The van der Waals surface area contributed by atoms with Crippen molar-refractivity contribution in [2.75, 3.05) is 25.5 Å². The molecule has 1 aromatic carbocycles. The van der Waals surface area contributed by atoms with E-state index in [-0.39, 0.29) is 5.56 Å². The van der Waals surface area contributed by atoms with Crippen LogP contribution < -0.4 is 5.32 Å². The number of likely N-dealkylation sites (N-methyl/N-ethyl adjacent to an activating group) is 1. The molecule has 4 nitrogen and oxygen atoms in total. The van der Waals surface area contributed by atoms with Crippen molar-refractivity contribution in [2.24, 2.45) is 0 Å². The fourth-order valence-electron chi connectivity index (χ4n) is 2.70. The number of rotatable bonds is 6. The summed E-state index contributed by atoms with van der Waals surface area (Å²) < 4.78 is 13.5. The molecule has 1 fully saturated rings. The molecule has 1 aliphatic carbocycles. The predicted molar refractivity (Wildman–Crippen MR) is 76.7 cm³/mol. The van der Waals surface area contributed by atoms with Gasteiger partial charge in [0.15, 0.2) is 0 Å². The lowest BCUT2D eigenvalue weighted by Gasteiger charge is -2.24. The number of anilines is 1. The maximum absolute atomic E-state index is 13.5. The molecule has 0 spiro atoms. The molecule has 0 aliphatic heterocycles. The average Bonchev–Trinajstić information content (AvgIpc) is 2.92. The highest BCUT2D eigenvalue weighted by Gasteiger charge is 2.18. The second-order valence-corrected chi connectivity index (χ2v) is 5.35. The van der Waals surface area contributed by atoms with E-state index in [1.54, 1.807) is 6.07 Å². The summed E-state index contributed by atoms with van der Waals surface area (Å²) in [6, 6.07) is 4.80. The normalized spacial score (nSPS) is 15.8. The molecule has 0 radical (unpaired) electrons. The highest BCUT2D eigenvalue weighted by Crippen LogP contribution is 2.22. The zero-order valence-electron chi connectivity index (χ0n) is 11.7. The summed E-state index contributed by atoms with van der Waals surface area (Å²) in [5, 5.41) is 11.9. The standard InChI is InChI=1S/C15H21FN2O2/c1-18(12-4-2-3-5-12)9-8-17-11-6-7-13(15(19)20)14(16)10-11/h6-7,10,12,17H,2-5,8-9H2,1H3,(H,19,20). The van der Waals surface area contributed by atoms with E-state index in [0.717, 1.165) is 13.1 Å². The Balaban J connectivity index is 1.82. The van der Waals surface area contributed by atoms with Crippen molar-refractivity contribution >= 4 is 11.7 Å². The monoisotopic (exact) mass is 280 g/mol. The first-order chi connectivity index (χ1) is 9.58. The van der Waals surface area contributed by atoms with Crippen LogP contribution in [-0.4, -0.2) is 42.2 Å². The quantitative estimate of drug-likeness (QED) is 0.841. The first-order valence-corrected chi connectivity index (χ1v) is 7.05. The fraction of sp³-hybridized carbons (Fsp3) is 0.533. The van der Waals surface area contributed by atoms with Crippen molar-refractivity contribution in [3.8, 4) is 0 Å². The molecule has 0 aromatic heterocycles. The summed E-state index contributed by atoms with van der Waals surface area (Å²) in [6.07, 6.45) is 5.14. The summed E-state index contributed by atoms with van der Waals surface area (Å²) in [6.45, 7) is 1.62. The summed E-state index contributed by atoms with van der Waals surface area (Å²) in [4.78, 5) is 13.1. The molecule has 0 unspecified atom stereocenters. The molecule has 0 amide bonds. The Morgan fingerprint density at radius 3 is 2.75 bits per heavy atom. The lowest BCUT2D eigenvalue weighted by molar-refractivity contribution is 0.0692. The molecule has 1 saturated carbocycles. The summed E-state index contributed by atoms with van der Waals surface area (Å²) in [7, 11) is 2.12. The predicted octanol–water partition coefficient (Wildman–Crippen LogP) is 2.81. The van der Waals surface area contributed by atoms with Crippen LogP contribution in [0.4, 0.5) is 10.1 Å². The molecule has 0 bridgehead atoms. The van der Waals surface area contributed by atoms with Crippen molar-refractivity contribution in [1.29, 1.82) is 0 Å². The zero-order valence-corrected chi connectivity index (χ0v) is 11.7.